The fourth-order valence-electron chi connectivity index (χ4n) is 1.54. The summed E-state index contributed by atoms with van der Waals surface area (Å²) in [5.74, 6) is 0. The van der Waals surface area contributed by atoms with Crippen molar-refractivity contribution in [3.05, 3.63) is 34.2 Å². The maximum Gasteiger partial charge on any atom is 0.151 e. The topological polar surface area (TPSA) is 37.5 Å². The van der Waals surface area contributed by atoms with Gasteiger partial charge in [-0.2, -0.15) is 0 Å². The van der Waals surface area contributed by atoms with Crippen LogP contribution in [0, 0.1) is 6.92 Å². The molecule has 2 aromatic rings. The van der Waals surface area contributed by atoms with Gasteiger partial charge in [0.2, 0.25) is 0 Å². The smallest absolute Gasteiger partial charge is 0.151 e. The molecular formula is C10H11BrN2O. The van der Waals surface area contributed by atoms with E-state index < -0.39 is 0 Å². The van der Waals surface area contributed by atoms with Crippen molar-refractivity contribution in [1.29, 1.82) is 0 Å². The van der Waals surface area contributed by atoms with Gasteiger partial charge in [0.15, 0.2) is 5.65 Å². The summed E-state index contributed by atoms with van der Waals surface area (Å²) in [6.45, 7) is 2.15. The molecule has 0 aliphatic heterocycles. The van der Waals surface area contributed by atoms with Gasteiger partial charge in [-0.25, -0.2) is 4.98 Å². The Hall–Kier alpha value is -0.870. The summed E-state index contributed by atoms with van der Waals surface area (Å²) in [5, 5.41) is 8.88. The molecule has 2 heterocycles. The van der Waals surface area contributed by atoms with Crippen molar-refractivity contribution >= 4 is 21.6 Å². The average molecular weight is 255 g/mol. The number of aryl methyl sites for hydroxylation is 1. The van der Waals surface area contributed by atoms with Gasteiger partial charge in [0, 0.05) is 24.9 Å². The Labute approximate surface area is 90.5 Å². The highest BCUT2D eigenvalue weighted by atomic mass is 79.9. The number of fused-ring (bicyclic) bond motifs is 1. The van der Waals surface area contributed by atoms with E-state index in [2.05, 4.69) is 20.9 Å². The van der Waals surface area contributed by atoms with E-state index >= 15 is 0 Å². The minimum atomic E-state index is 0.141. The van der Waals surface area contributed by atoms with Crippen molar-refractivity contribution in [2.45, 2.75) is 13.3 Å². The van der Waals surface area contributed by atoms with Crippen molar-refractivity contribution in [3.8, 4) is 0 Å². The average Bonchev–Trinajstić information content (AvgIpc) is 2.48. The molecule has 0 saturated heterocycles. The Balaban J connectivity index is 2.67. The lowest BCUT2D eigenvalue weighted by Gasteiger charge is -1.97. The fraction of sp³-hybridized carbons (Fsp3) is 0.300. The molecule has 14 heavy (non-hydrogen) atoms. The lowest BCUT2D eigenvalue weighted by atomic mass is 10.3. The second kappa shape index (κ2) is 3.71. The summed E-state index contributed by atoms with van der Waals surface area (Å²) in [4.78, 5) is 4.46. The molecule has 0 aromatic carbocycles. The van der Waals surface area contributed by atoms with Crippen LogP contribution in [0.2, 0.25) is 0 Å². The molecule has 0 aliphatic carbocycles. The van der Waals surface area contributed by atoms with Crippen LogP contribution in [0.1, 0.15) is 11.4 Å². The van der Waals surface area contributed by atoms with Crippen LogP contribution in [0.4, 0.5) is 0 Å². The molecule has 3 nitrogen and oxygen atoms in total. The zero-order valence-electron chi connectivity index (χ0n) is 7.87. The Morgan fingerprint density at radius 1 is 1.57 bits per heavy atom. The molecule has 0 spiro atoms. The molecule has 0 saturated carbocycles. The van der Waals surface area contributed by atoms with Gasteiger partial charge in [-0.05, 0) is 35.0 Å². The number of aromatic nitrogens is 2. The van der Waals surface area contributed by atoms with E-state index in [0.717, 1.165) is 21.5 Å². The highest BCUT2D eigenvalue weighted by Crippen LogP contribution is 2.20. The van der Waals surface area contributed by atoms with Crippen molar-refractivity contribution in [3.63, 3.8) is 0 Å². The largest absolute Gasteiger partial charge is 0.396 e. The first-order valence-electron chi connectivity index (χ1n) is 4.47. The van der Waals surface area contributed by atoms with Gasteiger partial charge in [-0.1, -0.05) is 0 Å². The van der Waals surface area contributed by atoms with Crippen molar-refractivity contribution in [1.82, 2.24) is 9.38 Å². The Bertz CT molecular complexity index is 464. The van der Waals surface area contributed by atoms with E-state index in [1.54, 1.807) is 0 Å². The second-order valence-electron chi connectivity index (χ2n) is 3.17. The number of aliphatic hydroxyl groups is 1. The maximum atomic E-state index is 8.88. The number of halogens is 1. The fourth-order valence-corrected chi connectivity index (χ4v) is 1.97. The van der Waals surface area contributed by atoms with Gasteiger partial charge < -0.3 is 9.51 Å². The third-order valence-electron chi connectivity index (χ3n) is 2.29. The summed E-state index contributed by atoms with van der Waals surface area (Å²) in [5.41, 5.74) is 2.96. The highest BCUT2D eigenvalue weighted by molar-refractivity contribution is 9.10. The molecule has 0 atom stereocenters. The monoisotopic (exact) mass is 254 g/mol. The van der Waals surface area contributed by atoms with Crippen LogP contribution < -0.4 is 0 Å². The van der Waals surface area contributed by atoms with Gasteiger partial charge in [0.05, 0.1) is 10.2 Å². The second-order valence-corrected chi connectivity index (χ2v) is 4.02. The Morgan fingerprint density at radius 3 is 3.00 bits per heavy atom. The van der Waals surface area contributed by atoms with Crippen LogP contribution >= 0.6 is 15.9 Å². The molecule has 0 aliphatic rings. The SMILES string of the molecule is Cc1c(CCO)nc2c(Br)cccn12. The molecule has 2 aromatic heterocycles. The third-order valence-corrected chi connectivity index (χ3v) is 2.91. The first-order chi connectivity index (χ1) is 6.74. The zero-order chi connectivity index (χ0) is 10.1. The lowest BCUT2D eigenvalue weighted by molar-refractivity contribution is 0.298. The van der Waals surface area contributed by atoms with E-state index in [4.69, 9.17) is 5.11 Å². The third kappa shape index (κ3) is 1.44. The minimum Gasteiger partial charge on any atom is -0.396 e. The molecule has 0 fully saturated rings. The highest BCUT2D eigenvalue weighted by Gasteiger charge is 2.08. The number of pyridine rings is 1. The van der Waals surface area contributed by atoms with E-state index in [-0.39, 0.29) is 6.61 Å². The molecule has 0 radical (unpaired) electrons. The van der Waals surface area contributed by atoms with Crippen LogP contribution in [0.3, 0.4) is 0 Å². The number of aliphatic hydroxyl groups excluding tert-OH is 1. The summed E-state index contributed by atoms with van der Waals surface area (Å²) in [6.07, 6.45) is 2.59. The number of imidazole rings is 1. The number of rotatable bonds is 2. The standard InChI is InChI=1S/C10H11BrN2O/c1-7-9(4-6-14)12-10-8(11)3-2-5-13(7)10/h2-3,5,14H,4,6H2,1H3. The number of hydrogen-bond acceptors (Lipinski definition) is 2. The van der Waals surface area contributed by atoms with E-state index in [0.29, 0.717) is 6.42 Å². The molecule has 0 unspecified atom stereocenters. The summed E-state index contributed by atoms with van der Waals surface area (Å²) in [6, 6.07) is 3.93. The Kier molecular flexibility index (Phi) is 2.56. The minimum absolute atomic E-state index is 0.141. The van der Waals surface area contributed by atoms with Crippen LogP contribution in [-0.4, -0.2) is 21.1 Å². The van der Waals surface area contributed by atoms with Crippen LogP contribution in [-0.2, 0) is 6.42 Å². The van der Waals surface area contributed by atoms with Gasteiger partial charge in [-0.15, -0.1) is 0 Å². The Morgan fingerprint density at radius 2 is 2.36 bits per heavy atom. The molecule has 2 rings (SSSR count). The predicted molar refractivity (Wildman–Crippen MR) is 58.4 cm³/mol. The van der Waals surface area contributed by atoms with E-state index in [9.17, 15) is 0 Å². The normalized spacial score (nSPS) is 11.1. The number of hydrogen-bond donors (Lipinski definition) is 1. The number of nitrogens with zero attached hydrogens (tertiary/aromatic N) is 2. The zero-order valence-corrected chi connectivity index (χ0v) is 9.45. The summed E-state index contributed by atoms with van der Waals surface area (Å²) in [7, 11) is 0. The van der Waals surface area contributed by atoms with E-state index in [1.165, 1.54) is 0 Å². The summed E-state index contributed by atoms with van der Waals surface area (Å²) < 4.78 is 3.00. The molecular weight excluding hydrogens is 244 g/mol. The van der Waals surface area contributed by atoms with E-state index in [1.807, 2.05) is 29.7 Å². The predicted octanol–water partition coefficient (Wildman–Crippen LogP) is 1.94. The van der Waals surface area contributed by atoms with Gasteiger partial charge >= 0.3 is 0 Å². The quantitative estimate of drug-likeness (QED) is 0.890. The molecule has 0 amide bonds. The molecule has 1 N–H and O–H groups in total. The van der Waals surface area contributed by atoms with Crippen LogP contribution in [0.15, 0.2) is 22.8 Å². The van der Waals surface area contributed by atoms with Gasteiger partial charge in [0.25, 0.3) is 0 Å². The molecule has 74 valence electrons. The van der Waals surface area contributed by atoms with Crippen molar-refractivity contribution in [2.24, 2.45) is 0 Å². The van der Waals surface area contributed by atoms with Crippen LogP contribution in [0.25, 0.3) is 5.65 Å². The van der Waals surface area contributed by atoms with Crippen LogP contribution in [0.5, 0.6) is 0 Å². The maximum absolute atomic E-state index is 8.88. The molecule has 0 bridgehead atoms. The summed E-state index contributed by atoms with van der Waals surface area (Å²) >= 11 is 3.45. The van der Waals surface area contributed by atoms with Crippen molar-refractivity contribution < 1.29 is 5.11 Å². The van der Waals surface area contributed by atoms with Gasteiger partial charge in [0.1, 0.15) is 0 Å². The lowest BCUT2D eigenvalue weighted by Crippen LogP contribution is -1.93. The molecule has 4 heteroatoms. The van der Waals surface area contributed by atoms with Crippen molar-refractivity contribution in [2.75, 3.05) is 6.61 Å². The first kappa shape index (κ1) is 9.68. The van der Waals surface area contributed by atoms with Gasteiger partial charge in [-0.3, -0.25) is 0 Å². The first-order valence-corrected chi connectivity index (χ1v) is 5.26.